The molecule has 0 fully saturated rings. The molecule has 0 radical (unpaired) electrons. The third kappa shape index (κ3) is 3.77. The van der Waals surface area contributed by atoms with Gasteiger partial charge in [-0.05, 0) is 41.5 Å². The number of methoxy groups -OCH3 is 1. The van der Waals surface area contributed by atoms with Gasteiger partial charge in [0.2, 0.25) is 17.7 Å². The van der Waals surface area contributed by atoms with E-state index in [0.717, 1.165) is 28.6 Å². The Morgan fingerprint density at radius 2 is 1.71 bits per heavy atom. The van der Waals surface area contributed by atoms with Crippen molar-refractivity contribution >= 4 is 21.9 Å². The van der Waals surface area contributed by atoms with Crippen molar-refractivity contribution in [2.75, 3.05) is 7.11 Å². The number of aryl methyl sites for hydroxylation is 1. The molecule has 35 heavy (non-hydrogen) atoms. The smallest absolute Gasteiger partial charge is 0.416 e. The Bertz CT molecular complexity index is 1670. The standard InChI is InChI=1S/C25H17F3N6O/c1-33-21-13-30-20-9-5-16(15-3-6-17(7-4-15)25(26,27)28)11-19(20)23(21)34(24(33)32-14-29)18-8-10-22(35-2)31-12-18/h3-13H,1-2H3. The fourth-order valence-electron chi connectivity index (χ4n) is 4.08. The second-order valence-corrected chi connectivity index (χ2v) is 7.76. The van der Waals surface area contributed by atoms with Crippen molar-refractivity contribution in [3.8, 4) is 28.9 Å². The van der Waals surface area contributed by atoms with Crippen molar-refractivity contribution in [2.45, 2.75) is 6.18 Å². The van der Waals surface area contributed by atoms with E-state index in [1.165, 1.54) is 19.2 Å². The first-order chi connectivity index (χ1) is 16.8. The molecular formula is C25H17F3N6O. The predicted molar refractivity (Wildman–Crippen MR) is 124 cm³/mol. The second-order valence-electron chi connectivity index (χ2n) is 7.76. The van der Waals surface area contributed by atoms with E-state index >= 15 is 0 Å². The number of alkyl halides is 3. The number of imidazole rings is 1. The first kappa shape index (κ1) is 22.2. The van der Waals surface area contributed by atoms with Gasteiger partial charge in [-0.3, -0.25) is 9.55 Å². The molecule has 3 aromatic heterocycles. The third-order valence-electron chi connectivity index (χ3n) is 5.79. The highest BCUT2D eigenvalue weighted by Gasteiger charge is 2.30. The Labute approximate surface area is 197 Å². The molecule has 0 bridgehead atoms. The third-order valence-corrected chi connectivity index (χ3v) is 5.79. The highest BCUT2D eigenvalue weighted by atomic mass is 19.4. The average Bonchev–Trinajstić information content (AvgIpc) is 3.15. The van der Waals surface area contributed by atoms with Crippen molar-refractivity contribution in [1.82, 2.24) is 19.1 Å². The summed E-state index contributed by atoms with van der Waals surface area (Å²) >= 11 is 0. The number of fused-ring (bicyclic) bond motifs is 3. The van der Waals surface area contributed by atoms with Gasteiger partial charge in [-0.2, -0.15) is 18.4 Å². The average molecular weight is 474 g/mol. The minimum absolute atomic E-state index is 0.365. The van der Waals surface area contributed by atoms with Crippen LogP contribution in [-0.4, -0.2) is 26.2 Å². The topological polar surface area (TPSA) is 81.0 Å². The number of nitriles is 1. The lowest BCUT2D eigenvalue weighted by Gasteiger charge is -2.10. The number of ether oxygens (including phenoxy) is 1. The van der Waals surface area contributed by atoms with Gasteiger partial charge in [0.15, 0.2) is 0 Å². The molecule has 0 amide bonds. The molecule has 0 aliphatic heterocycles. The Balaban J connectivity index is 1.80. The molecule has 0 saturated carbocycles. The van der Waals surface area contributed by atoms with Gasteiger partial charge in [-0.25, -0.2) is 4.98 Å². The van der Waals surface area contributed by atoms with Gasteiger partial charge in [-0.15, -0.1) is 4.99 Å². The van der Waals surface area contributed by atoms with E-state index in [-0.39, 0.29) is 0 Å². The van der Waals surface area contributed by atoms with Crippen molar-refractivity contribution in [1.29, 1.82) is 5.26 Å². The summed E-state index contributed by atoms with van der Waals surface area (Å²) in [7, 11) is 3.30. The summed E-state index contributed by atoms with van der Waals surface area (Å²) in [5, 5.41) is 10.1. The highest BCUT2D eigenvalue weighted by Crippen LogP contribution is 2.33. The second kappa shape index (κ2) is 8.29. The van der Waals surface area contributed by atoms with Gasteiger partial charge >= 0.3 is 6.18 Å². The minimum atomic E-state index is -4.40. The minimum Gasteiger partial charge on any atom is -0.481 e. The van der Waals surface area contributed by atoms with Gasteiger partial charge in [0.05, 0.1) is 47.3 Å². The normalized spacial score (nSPS) is 12.3. The van der Waals surface area contributed by atoms with E-state index in [0.29, 0.717) is 33.8 Å². The highest BCUT2D eigenvalue weighted by molar-refractivity contribution is 6.04. The van der Waals surface area contributed by atoms with Crippen molar-refractivity contribution in [2.24, 2.45) is 12.0 Å². The molecule has 0 saturated heterocycles. The lowest BCUT2D eigenvalue weighted by molar-refractivity contribution is -0.137. The summed E-state index contributed by atoms with van der Waals surface area (Å²) < 4.78 is 47.7. The van der Waals surface area contributed by atoms with Gasteiger partial charge in [0, 0.05) is 18.5 Å². The number of hydrogen-bond acceptors (Lipinski definition) is 5. The summed E-state index contributed by atoms with van der Waals surface area (Å²) in [4.78, 5) is 12.8. The van der Waals surface area contributed by atoms with E-state index in [1.54, 1.807) is 40.7 Å². The summed E-state index contributed by atoms with van der Waals surface area (Å²) in [5.41, 5.74) is 3.79. The summed E-state index contributed by atoms with van der Waals surface area (Å²) in [6, 6.07) is 14.0. The summed E-state index contributed by atoms with van der Waals surface area (Å²) in [5.74, 6) is 0.435. The zero-order valence-electron chi connectivity index (χ0n) is 18.6. The van der Waals surface area contributed by atoms with Crippen LogP contribution in [-0.2, 0) is 13.2 Å². The van der Waals surface area contributed by atoms with Crippen LogP contribution < -0.4 is 10.4 Å². The zero-order chi connectivity index (χ0) is 24.7. The Morgan fingerprint density at radius 3 is 2.34 bits per heavy atom. The largest absolute Gasteiger partial charge is 0.481 e. The number of rotatable bonds is 3. The fraction of sp³-hybridized carbons (Fsp3) is 0.120. The molecule has 2 aromatic carbocycles. The molecule has 0 aliphatic rings. The van der Waals surface area contributed by atoms with Crippen LogP contribution in [0.2, 0.25) is 0 Å². The fourth-order valence-corrected chi connectivity index (χ4v) is 4.08. The van der Waals surface area contributed by atoms with Crippen molar-refractivity contribution in [3.63, 3.8) is 0 Å². The number of aromatic nitrogens is 4. The van der Waals surface area contributed by atoms with Crippen LogP contribution >= 0.6 is 0 Å². The molecule has 5 rings (SSSR count). The van der Waals surface area contributed by atoms with E-state index < -0.39 is 11.7 Å². The SMILES string of the molecule is COc1ccc(-n2c(=NC#N)n(C)c3cnc4ccc(-c5ccc(C(F)(F)F)cc5)cc4c32)cn1. The maximum Gasteiger partial charge on any atom is 0.416 e. The van der Waals surface area contributed by atoms with Gasteiger partial charge in [-0.1, -0.05) is 18.2 Å². The van der Waals surface area contributed by atoms with Crippen LogP contribution in [0.15, 0.2) is 72.0 Å². The van der Waals surface area contributed by atoms with Crippen LogP contribution in [0.1, 0.15) is 5.56 Å². The van der Waals surface area contributed by atoms with Crippen LogP contribution in [0, 0.1) is 11.5 Å². The zero-order valence-corrected chi connectivity index (χ0v) is 18.6. The number of pyridine rings is 2. The summed E-state index contributed by atoms with van der Waals surface area (Å²) in [6.45, 7) is 0. The molecule has 10 heteroatoms. The van der Waals surface area contributed by atoms with E-state index in [1.807, 2.05) is 24.4 Å². The molecule has 0 spiro atoms. The van der Waals surface area contributed by atoms with Crippen LogP contribution in [0.5, 0.6) is 5.88 Å². The van der Waals surface area contributed by atoms with Gasteiger partial charge < -0.3 is 9.30 Å². The van der Waals surface area contributed by atoms with E-state index in [9.17, 15) is 18.4 Å². The monoisotopic (exact) mass is 474 g/mol. The quantitative estimate of drug-likeness (QED) is 0.345. The van der Waals surface area contributed by atoms with Crippen molar-refractivity contribution < 1.29 is 17.9 Å². The molecular weight excluding hydrogens is 457 g/mol. The lowest BCUT2D eigenvalue weighted by Crippen LogP contribution is -2.22. The van der Waals surface area contributed by atoms with E-state index in [2.05, 4.69) is 15.0 Å². The van der Waals surface area contributed by atoms with Crippen LogP contribution in [0.4, 0.5) is 13.2 Å². The molecule has 0 aliphatic carbocycles. The molecule has 174 valence electrons. The number of hydrogen-bond donors (Lipinski definition) is 0. The maximum atomic E-state index is 13.0. The lowest BCUT2D eigenvalue weighted by atomic mass is 10.0. The Kier molecular flexibility index (Phi) is 5.25. The molecule has 0 atom stereocenters. The summed E-state index contributed by atoms with van der Waals surface area (Å²) in [6.07, 6.45) is 0.750. The maximum absolute atomic E-state index is 13.0. The van der Waals surface area contributed by atoms with Gasteiger partial charge in [0.25, 0.3) is 0 Å². The molecule has 7 nitrogen and oxygen atoms in total. The first-order valence-electron chi connectivity index (χ1n) is 10.4. The molecule has 0 N–H and O–H groups in total. The van der Waals surface area contributed by atoms with Crippen LogP contribution in [0.25, 0.3) is 38.8 Å². The molecule has 3 heterocycles. The van der Waals surface area contributed by atoms with Crippen molar-refractivity contribution in [3.05, 3.63) is 78.2 Å². The van der Waals surface area contributed by atoms with Crippen LogP contribution in [0.3, 0.4) is 0 Å². The number of halogens is 3. The van der Waals surface area contributed by atoms with Gasteiger partial charge in [0.1, 0.15) is 0 Å². The Hall–Kier alpha value is -4.65. The van der Waals surface area contributed by atoms with E-state index in [4.69, 9.17) is 4.74 Å². The Morgan fingerprint density at radius 1 is 0.971 bits per heavy atom. The molecule has 0 unspecified atom stereocenters. The first-order valence-corrected chi connectivity index (χ1v) is 10.4. The molecule has 5 aromatic rings. The predicted octanol–water partition coefficient (Wildman–Crippen LogP) is 4.99. The number of nitrogens with zero attached hydrogens (tertiary/aromatic N) is 6. The number of benzene rings is 2.